The number of hydrogen-bond donors (Lipinski definition) is 1. The third kappa shape index (κ3) is 4.42. The smallest absolute Gasteiger partial charge is 0.00914 e. The molecule has 2 heteroatoms. The first-order valence-electron chi connectivity index (χ1n) is 7.34. The van der Waals surface area contributed by atoms with E-state index in [1.54, 1.807) is 0 Å². The van der Waals surface area contributed by atoms with E-state index in [0.29, 0.717) is 0 Å². The Morgan fingerprint density at radius 3 is 2.50 bits per heavy atom. The van der Waals surface area contributed by atoms with Crippen LogP contribution in [0.3, 0.4) is 0 Å². The van der Waals surface area contributed by atoms with Gasteiger partial charge < -0.3 is 10.2 Å². The van der Waals surface area contributed by atoms with Crippen molar-refractivity contribution in [2.24, 2.45) is 5.92 Å². The van der Waals surface area contributed by atoms with Gasteiger partial charge in [0.15, 0.2) is 0 Å². The standard InChI is InChI=1S/C14H28N2/c1-2-10-16-11-7-14(8-12-16)15-9-3-4-13-5-6-13/h13-15H,2-12H2,1H3. The van der Waals surface area contributed by atoms with Crippen LogP contribution in [-0.2, 0) is 0 Å². The maximum Gasteiger partial charge on any atom is 0.00914 e. The maximum atomic E-state index is 3.74. The van der Waals surface area contributed by atoms with E-state index < -0.39 is 0 Å². The zero-order chi connectivity index (χ0) is 11.2. The van der Waals surface area contributed by atoms with Crippen molar-refractivity contribution in [3.8, 4) is 0 Å². The minimum atomic E-state index is 0.812. The summed E-state index contributed by atoms with van der Waals surface area (Å²) < 4.78 is 0. The van der Waals surface area contributed by atoms with Gasteiger partial charge in [0.25, 0.3) is 0 Å². The maximum absolute atomic E-state index is 3.74. The molecule has 0 radical (unpaired) electrons. The van der Waals surface area contributed by atoms with Crippen LogP contribution in [0.4, 0.5) is 0 Å². The van der Waals surface area contributed by atoms with Crippen molar-refractivity contribution in [3.63, 3.8) is 0 Å². The Hall–Kier alpha value is -0.0800. The van der Waals surface area contributed by atoms with Crippen molar-refractivity contribution in [1.29, 1.82) is 0 Å². The molecule has 16 heavy (non-hydrogen) atoms. The van der Waals surface area contributed by atoms with Crippen LogP contribution in [0.5, 0.6) is 0 Å². The first kappa shape index (κ1) is 12.4. The second-order valence-electron chi connectivity index (χ2n) is 5.66. The SMILES string of the molecule is CCCN1CCC(NCCCC2CC2)CC1. The largest absolute Gasteiger partial charge is 0.314 e. The average Bonchev–Trinajstić information content (AvgIpc) is 3.11. The molecule has 0 atom stereocenters. The molecule has 1 heterocycles. The molecule has 1 N–H and O–H groups in total. The summed E-state index contributed by atoms with van der Waals surface area (Å²) in [4.78, 5) is 2.61. The molecule has 1 saturated carbocycles. The van der Waals surface area contributed by atoms with Crippen molar-refractivity contribution in [2.75, 3.05) is 26.2 Å². The van der Waals surface area contributed by atoms with Crippen LogP contribution in [0.25, 0.3) is 0 Å². The quantitative estimate of drug-likeness (QED) is 0.669. The van der Waals surface area contributed by atoms with Gasteiger partial charge in [-0.25, -0.2) is 0 Å². The minimum Gasteiger partial charge on any atom is -0.314 e. The molecule has 1 saturated heterocycles. The molecule has 2 fully saturated rings. The Morgan fingerprint density at radius 1 is 1.12 bits per heavy atom. The van der Waals surface area contributed by atoms with Crippen molar-refractivity contribution >= 4 is 0 Å². The fourth-order valence-electron chi connectivity index (χ4n) is 2.78. The van der Waals surface area contributed by atoms with E-state index in [4.69, 9.17) is 0 Å². The minimum absolute atomic E-state index is 0.812. The monoisotopic (exact) mass is 224 g/mol. The van der Waals surface area contributed by atoms with Gasteiger partial charge in [0.2, 0.25) is 0 Å². The van der Waals surface area contributed by atoms with Gasteiger partial charge in [-0.1, -0.05) is 19.8 Å². The van der Waals surface area contributed by atoms with Gasteiger partial charge >= 0.3 is 0 Å². The lowest BCUT2D eigenvalue weighted by Crippen LogP contribution is -2.42. The third-order valence-corrected chi connectivity index (χ3v) is 4.05. The van der Waals surface area contributed by atoms with Crippen molar-refractivity contribution in [3.05, 3.63) is 0 Å². The van der Waals surface area contributed by atoms with Gasteiger partial charge in [0.05, 0.1) is 0 Å². The number of hydrogen-bond acceptors (Lipinski definition) is 2. The van der Waals surface area contributed by atoms with Gasteiger partial charge in [-0.2, -0.15) is 0 Å². The summed E-state index contributed by atoms with van der Waals surface area (Å²) in [5, 5.41) is 3.74. The Bertz CT molecular complexity index is 181. The molecule has 0 unspecified atom stereocenters. The van der Waals surface area contributed by atoms with E-state index in [1.165, 1.54) is 71.1 Å². The molecule has 2 nitrogen and oxygen atoms in total. The molecular formula is C14H28N2. The highest BCUT2D eigenvalue weighted by atomic mass is 15.1. The molecule has 1 aliphatic carbocycles. The molecule has 0 bridgehead atoms. The summed E-state index contributed by atoms with van der Waals surface area (Å²) in [6, 6.07) is 0.812. The Labute approximate surface area is 101 Å². The second kappa shape index (κ2) is 6.61. The van der Waals surface area contributed by atoms with Crippen LogP contribution in [-0.4, -0.2) is 37.1 Å². The molecule has 0 aromatic carbocycles. The molecule has 2 rings (SSSR count). The zero-order valence-electron chi connectivity index (χ0n) is 10.9. The highest BCUT2D eigenvalue weighted by Crippen LogP contribution is 2.33. The molecule has 0 aromatic heterocycles. The van der Waals surface area contributed by atoms with E-state index >= 15 is 0 Å². The average molecular weight is 224 g/mol. The Kier molecular flexibility index (Phi) is 5.11. The fraction of sp³-hybridized carbons (Fsp3) is 1.00. The number of piperidine rings is 1. The molecule has 0 spiro atoms. The van der Waals surface area contributed by atoms with E-state index in [2.05, 4.69) is 17.1 Å². The first-order valence-corrected chi connectivity index (χ1v) is 7.34. The molecule has 94 valence electrons. The summed E-state index contributed by atoms with van der Waals surface area (Å²) in [6.07, 6.45) is 9.93. The lowest BCUT2D eigenvalue weighted by atomic mass is 10.0. The van der Waals surface area contributed by atoms with Gasteiger partial charge in [0.1, 0.15) is 0 Å². The number of nitrogens with one attached hydrogen (secondary N) is 1. The predicted molar refractivity (Wildman–Crippen MR) is 69.7 cm³/mol. The van der Waals surface area contributed by atoms with Gasteiger partial charge in [-0.15, -0.1) is 0 Å². The zero-order valence-corrected chi connectivity index (χ0v) is 10.9. The Morgan fingerprint density at radius 2 is 1.88 bits per heavy atom. The summed E-state index contributed by atoms with van der Waals surface area (Å²) in [6.45, 7) is 7.47. The molecule has 0 amide bonds. The van der Waals surface area contributed by atoms with Crippen LogP contribution < -0.4 is 5.32 Å². The van der Waals surface area contributed by atoms with Gasteiger partial charge in [-0.3, -0.25) is 0 Å². The third-order valence-electron chi connectivity index (χ3n) is 4.05. The van der Waals surface area contributed by atoms with Crippen LogP contribution in [0.2, 0.25) is 0 Å². The van der Waals surface area contributed by atoms with E-state index in [1.807, 2.05) is 0 Å². The van der Waals surface area contributed by atoms with Crippen LogP contribution >= 0.6 is 0 Å². The number of likely N-dealkylation sites (tertiary alicyclic amines) is 1. The second-order valence-corrected chi connectivity index (χ2v) is 5.66. The molecule has 2 aliphatic rings. The fourth-order valence-corrected chi connectivity index (χ4v) is 2.78. The normalized spacial score (nSPS) is 23.8. The highest BCUT2D eigenvalue weighted by molar-refractivity contribution is 4.78. The molecular weight excluding hydrogens is 196 g/mol. The molecule has 0 aromatic rings. The van der Waals surface area contributed by atoms with Crippen LogP contribution in [0.15, 0.2) is 0 Å². The van der Waals surface area contributed by atoms with Crippen LogP contribution in [0.1, 0.15) is 51.9 Å². The number of nitrogens with zero attached hydrogens (tertiary/aromatic N) is 1. The summed E-state index contributed by atoms with van der Waals surface area (Å²) in [5.41, 5.74) is 0. The molecule has 1 aliphatic heterocycles. The highest BCUT2D eigenvalue weighted by Gasteiger charge is 2.21. The van der Waals surface area contributed by atoms with E-state index in [-0.39, 0.29) is 0 Å². The summed E-state index contributed by atoms with van der Waals surface area (Å²) in [7, 11) is 0. The number of rotatable bonds is 7. The van der Waals surface area contributed by atoms with Gasteiger partial charge in [0, 0.05) is 6.04 Å². The predicted octanol–water partition coefficient (Wildman–Crippen LogP) is 2.64. The van der Waals surface area contributed by atoms with E-state index in [9.17, 15) is 0 Å². The van der Waals surface area contributed by atoms with Crippen molar-refractivity contribution < 1.29 is 0 Å². The first-order chi connectivity index (χ1) is 7.88. The van der Waals surface area contributed by atoms with Crippen molar-refractivity contribution in [1.82, 2.24) is 10.2 Å². The lowest BCUT2D eigenvalue weighted by molar-refractivity contribution is 0.198. The lowest BCUT2D eigenvalue weighted by Gasteiger charge is -2.32. The van der Waals surface area contributed by atoms with E-state index in [0.717, 1.165) is 12.0 Å². The van der Waals surface area contributed by atoms with Gasteiger partial charge in [-0.05, 0) is 64.2 Å². The topological polar surface area (TPSA) is 15.3 Å². The summed E-state index contributed by atoms with van der Waals surface area (Å²) in [5.74, 6) is 1.10. The Balaban J connectivity index is 1.47. The van der Waals surface area contributed by atoms with Crippen LogP contribution in [0, 0.1) is 5.92 Å². The van der Waals surface area contributed by atoms with Crippen molar-refractivity contribution in [2.45, 2.75) is 57.9 Å². The summed E-state index contributed by atoms with van der Waals surface area (Å²) >= 11 is 0.